The van der Waals surface area contributed by atoms with Crippen molar-refractivity contribution < 1.29 is 23.5 Å². The molecule has 5 nitrogen and oxygen atoms in total. The summed E-state index contributed by atoms with van der Waals surface area (Å²) in [5, 5.41) is 2.58. The quantitative estimate of drug-likeness (QED) is 0.825. The predicted molar refractivity (Wildman–Crippen MR) is 86.4 cm³/mol. The third kappa shape index (κ3) is 4.32. The first-order chi connectivity index (χ1) is 11.5. The topological polar surface area (TPSA) is 64.6 Å². The molecule has 2 rings (SSSR count). The van der Waals surface area contributed by atoms with Crippen molar-refractivity contribution >= 4 is 11.9 Å². The van der Waals surface area contributed by atoms with Gasteiger partial charge in [0.25, 0.3) is 5.91 Å². The first-order valence-corrected chi connectivity index (χ1v) is 7.31. The van der Waals surface area contributed by atoms with E-state index in [0.29, 0.717) is 5.75 Å². The number of nitrogens with one attached hydrogen (secondary N) is 1. The van der Waals surface area contributed by atoms with Crippen LogP contribution in [0.2, 0.25) is 0 Å². The summed E-state index contributed by atoms with van der Waals surface area (Å²) in [5.41, 5.74) is 0.874. The number of halogens is 1. The molecule has 0 spiro atoms. The Bertz CT molecular complexity index is 732. The van der Waals surface area contributed by atoms with Crippen molar-refractivity contribution in [3.63, 3.8) is 0 Å². The van der Waals surface area contributed by atoms with Gasteiger partial charge in [0, 0.05) is 12.0 Å². The minimum absolute atomic E-state index is 0.129. The fraction of sp³-hybridized carbons (Fsp3) is 0.222. The molecule has 0 unspecified atom stereocenters. The summed E-state index contributed by atoms with van der Waals surface area (Å²) >= 11 is 0. The molecule has 2 aromatic carbocycles. The predicted octanol–water partition coefficient (Wildman–Crippen LogP) is 2.35. The van der Waals surface area contributed by atoms with Crippen LogP contribution in [-0.4, -0.2) is 32.1 Å². The zero-order chi connectivity index (χ0) is 17.5. The van der Waals surface area contributed by atoms with Crippen molar-refractivity contribution in [3.8, 4) is 5.75 Å². The van der Waals surface area contributed by atoms with Crippen molar-refractivity contribution in [2.24, 2.45) is 0 Å². The van der Waals surface area contributed by atoms with Crippen LogP contribution in [0.4, 0.5) is 4.39 Å². The van der Waals surface area contributed by atoms with Gasteiger partial charge in [-0.2, -0.15) is 0 Å². The minimum atomic E-state index is -0.915. The Morgan fingerprint density at radius 3 is 2.54 bits per heavy atom. The van der Waals surface area contributed by atoms with Gasteiger partial charge in [0.2, 0.25) is 0 Å². The van der Waals surface area contributed by atoms with E-state index in [4.69, 9.17) is 9.47 Å². The summed E-state index contributed by atoms with van der Waals surface area (Å²) in [6.45, 7) is 0. The third-order valence-corrected chi connectivity index (χ3v) is 3.49. The van der Waals surface area contributed by atoms with Crippen molar-refractivity contribution in [1.82, 2.24) is 5.32 Å². The number of benzene rings is 2. The Hall–Kier alpha value is -2.89. The van der Waals surface area contributed by atoms with Crippen LogP contribution < -0.4 is 10.1 Å². The van der Waals surface area contributed by atoms with Crippen molar-refractivity contribution in [1.29, 1.82) is 0 Å². The van der Waals surface area contributed by atoms with Crippen LogP contribution in [0.1, 0.15) is 15.9 Å². The van der Waals surface area contributed by atoms with Crippen molar-refractivity contribution in [3.05, 3.63) is 65.5 Å². The van der Waals surface area contributed by atoms with E-state index in [-0.39, 0.29) is 12.0 Å². The SMILES string of the molecule is COC(=O)[C@H](Cc1ccccc1OC)NC(=O)c1cccc(F)c1. The monoisotopic (exact) mass is 331 g/mol. The van der Waals surface area contributed by atoms with Gasteiger partial charge in [-0.15, -0.1) is 0 Å². The van der Waals surface area contributed by atoms with Crippen LogP contribution in [0, 0.1) is 5.82 Å². The van der Waals surface area contributed by atoms with E-state index in [1.54, 1.807) is 24.3 Å². The van der Waals surface area contributed by atoms with E-state index < -0.39 is 23.7 Å². The number of carbonyl (C=O) groups excluding carboxylic acids is 2. The number of ether oxygens (including phenoxy) is 2. The standard InChI is InChI=1S/C18H18FNO4/c1-23-16-9-4-3-6-12(16)11-15(18(22)24-2)20-17(21)13-7-5-8-14(19)10-13/h3-10,15H,11H2,1-2H3,(H,20,21)/t15-/m0/s1. The zero-order valence-electron chi connectivity index (χ0n) is 13.4. The molecule has 2 aromatic rings. The van der Waals surface area contributed by atoms with Gasteiger partial charge < -0.3 is 14.8 Å². The fourth-order valence-electron chi connectivity index (χ4n) is 2.30. The molecule has 6 heteroatoms. The average molecular weight is 331 g/mol. The summed E-state index contributed by atoms with van der Waals surface area (Å²) in [4.78, 5) is 24.3. The van der Waals surface area contributed by atoms with E-state index in [1.165, 1.54) is 32.4 Å². The maximum Gasteiger partial charge on any atom is 0.328 e. The molecule has 0 aliphatic heterocycles. The first-order valence-electron chi connectivity index (χ1n) is 7.31. The zero-order valence-corrected chi connectivity index (χ0v) is 13.4. The molecule has 126 valence electrons. The summed E-state index contributed by atoms with van der Waals surface area (Å²) < 4.78 is 23.2. The van der Waals surface area contributed by atoms with Gasteiger partial charge >= 0.3 is 5.97 Å². The normalized spacial score (nSPS) is 11.5. The molecule has 0 saturated heterocycles. The molecule has 1 N–H and O–H groups in total. The Morgan fingerprint density at radius 2 is 1.88 bits per heavy atom. The Balaban J connectivity index is 2.20. The number of methoxy groups -OCH3 is 2. The minimum Gasteiger partial charge on any atom is -0.496 e. The molecule has 24 heavy (non-hydrogen) atoms. The second-order valence-electron chi connectivity index (χ2n) is 5.08. The number of para-hydroxylation sites is 1. The summed E-state index contributed by atoms with van der Waals surface area (Å²) in [7, 11) is 2.77. The van der Waals surface area contributed by atoms with Crippen LogP contribution >= 0.6 is 0 Å². The highest BCUT2D eigenvalue weighted by Gasteiger charge is 2.24. The van der Waals surface area contributed by atoms with E-state index in [2.05, 4.69) is 5.32 Å². The maximum absolute atomic E-state index is 13.2. The highest BCUT2D eigenvalue weighted by Crippen LogP contribution is 2.19. The lowest BCUT2D eigenvalue weighted by Gasteiger charge is -2.18. The van der Waals surface area contributed by atoms with E-state index in [9.17, 15) is 14.0 Å². The summed E-state index contributed by atoms with van der Waals surface area (Å²) in [6, 6.07) is 11.5. The molecule has 0 aromatic heterocycles. The molecule has 0 aliphatic carbocycles. The fourth-order valence-corrected chi connectivity index (χ4v) is 2.30. The Labute approximate surface area is 139 Å². The van der Waals surface area contributed by atoms with Gasteiger partial charge in [-0.05, 0) is 29.8 Å². The maximum atomic E-state index is 13.2. The van der Waals surface area contributed by atoms with Crippen LogP contribution in [0.25, 0.3) is 0 Å². The highest BCUT2D eigenvalue weighted by atomic mass is 19.1. The number of hydrogen-bond acceptors (Lipinski definition) is 4. The Kier molecular flexibility index (Phi) is 5.89. The molecular formula is C18H18FNO4. The third-order valence-electron chi connectivity index (χ3n) is 3.49. The number of hydrogen-bond donors (Lipinski definition) is 1. The second kappa shape index (κ2) is 8.10. The van der Waals surface area contributed by atoms with Crippen LogP contribution in [0.3, 0.4) is 0 Å². The van der Waals surface area contributed by atoms with Crippen molar-refractivity contribution in [2.45, 2.75) is 12.5 Å². The molecular weight excluding hydrogens is 313 g/mol. The van der Waals surface area contributed by atoms with Gasteiger partial charge in [0.05, 0.1) is 14.2 Å². The van der Waals surface area contributed by atoms with E-state index >= 15 is 0 Å². The van der Waals surface area contributed by atoms with E-state index in [1.807, 2.05) is 0 Å². The van der Waals surface area contributed by atoms with E-state index in [0.717, 1.165) is 11.6 Å². The largest absolute Gasteiger partial charge is 0.496 e. The molecule has 0 saturated carbocycles. The molecule has 0 radical (unpaired) electrons. The molecule has 1 amide bonds. The number of rotatable bonds is 6. The second-order valence-corrected chi connectivity index (χ2v) is 5.08. The Morgan fingerprint density at radius 1 is 1.12 bits per heavy atom. The van der Waals surface area contributed by atoms with Crippen LogP contribution in [0.5, 0.6) is 5.75 Å². The van der Waals surface area contributed by atoms with Crippen LogP contribution in [-0.2, 0) is 16.0 Å². The smallest absolute Gasteiger partial charge is 0.328 e. The first kappa shape index (κ1) is 17.5. The van der Waals surface area contributed by atoms with Gasteiger partial charge in [-0.25, -0.2) is 9.18 Å². The molecule has 0 heterocycles. The number of esters is 1. The summed E-state index contributed by atoms with van der Waals surface area (Å²) in [6.07, 6.45) is 0.192. The molecule has 0 fully saturated rings. The molecule has 1 atom stereocenters. The number of amides is 1. The van der Waals surface area contributed by atoms with Crippen LogP contribution in [0.15, 0.2) is 48.5 Å². The molecule has 0 bridgehead atoms. The lowest BCUT2D eigenvalue weighted by Crippen LogP contribution is -2.43. The van der Waals surface area contributed by atoms with Gasteiger partial charge in [0.15, 0.2) is 0 Å². The number of carbonyl (C=O) groups is 2. The van der Waals surface area contributed by atoms with Gasteiger partial charge in [0.1, 0.15) is 17.6 Å². The van der Waals surface area contributed by atoms with Gasteiger partial charge in [-0.3, -0.25) is 4.79 Å². The lowest BCUT2D eigenvalue weighted by atomic mass is 10.0. The van der Waals surface area contributed by atoms with Crippen molar-refractivity contribution in [2.75, 3.05) is 14.2 Å². The average Bonchev–Trinajstić information content (AvgIpc) is 2.60. The van der Waals surface area contributed by atoms with Gasteiger partial charge in [-0.1, -0.05) is 24.3 Å². The lowest BCUT2D eigenvalue weighted by molar-refractivity contribution is -0.142. The molecule has 0 aliphatic rings. The summed E-state index contributed by atoms with van der Waals surface area (Å²) in [5.74, 6) is -1.07. The highest BCUT2D eigenvalue weighted by molar-refractivity contribution is 5.96.